The summed E-state index contributed by atoms with van der Waals surface area (Å²) in [7, 11) is 0. The van der Waals surface area contributed by atoms with Crippen LogP contribution >= 0.6 is 22.9 Å². The van der Waals surface area contributed by atoms with E-state index in [4.69, 9.17) is 4.42 Å². The minimum Gasteiger partial charge on any atom is -0.395 e. The van der Waals surface area contributed by atoms with Crippen LogP contribution in [0.2, 0.25) is 0 Å². The van der Waals surface area contributed by atoms with Crippen LogP contribution in [0.5, 0.6) is 0 Å². The lowest BCUT2D eigenvalue weighted by Crippen LogP contribution is -2.10. The second-order valence-electron chi connectivity index (χ2n) is 3.75. The molecule has 0 unspecified atom stereocenters. The Morgan fingerprint density at radius 3 is 2.90 bits per heavy atom. The van der Waals surface area contributed by atoms with Gasteiger partial charge < -0.3 is 4.42 Å². The highest BCUT2D eigenvalue weighted by atomic mass is 32.1. The van der Waals surface area contributed by atoms with Crippen molar-refractivity contribution in [1.29, 1.82) is 0 Å². The lowest BCUT2D eigenvalue weighted by atomic mass is 10.4. The third kappa shape index (κ3) is 2.80. The van der Waals surface area contributed by atoms with Gasteiger partial charge in [0.05, 0.1) is 10.9 Å². The van der Waals surface area contributed by atoms with E-state index in [9.17, 15) is 14.9 Å². The Morgan fingerprint density at radius 2 is 2.24 bits per heavy atom. The molecule has 0 aromatic carbocycles. The number of furan rings is 1. The van der Waals surface area contributed by atoms with Crippen LogP contribution in [0.15, 0.2) is 34.1 Å². The molecular formula is C11H6N4O4S2. The molecule has 1 N–H and O–H groups in total. The van der Waals surface area contributed by atoms with Crippen molar-refractivity contribution in [3.05, 3.63) is 45.5 Å². The van der Waals surface area contributed by atoms with Crippen molar-refractivity contribution in [3.8, 4) is 10.7 Å². The van der Waals surface area contributed by atoms with Gasteiger partial charge in [0.15, 0.2) is 11.6 Å². The van der Waals surface area contributed by atoms with Gasteiger partial charge in [0.25, 0.3) is 5.91 Å². The topological polar surface area (TPSA) is 111 Å². The van der Waals surface area contributed by atoms with E-state index in [0.717, 1.165) is 22.5 Å². The molecule has 0 aliphatic heterocycles. The molecule has 0 fully saturated rings. The molecule has 0 aliphatic rings. The summed E-state index contributed by atoms with van der Waals surface area (Å²) in [6.45, 7) is 0. The zero-order chi connectivity index (χ0) is 14.8. The summed E-state index contributed by atoms with van der Waals surface area (Å²) in [6, 6.07) is 6.09. The van der Waals surface area contributed by atoms with E-state index >= 15 is 0 Å². The van der Waals surface area contributed by atoms with Crippen LogP contribution in [-0.2, 0) is 0 Å². The zero-order valence-electron chi connectivity index (χ0n) is 10.2. The number of rotatable bonds is 4. The van der Waals surface area contributed by atoms with Crippen molar-refractivity contribution in [3.63, 3.8) is 0 Å². The van der Waals surface area contributed by atoms with Gasteiger partial charge in [-0.2, -0.15) is 9.36 Å². The minimum atomic E-state index is -0.712. The number of aromatic nitrogens is 2. The van der Waals surface area contributed by atoms with Gasteiger partial charge in [-0.3, -0.25) is 20.2 Å². The first-order valence-electron chi connectivity index (χ1n) is 5.56. The van der Waals surface area contributed by atoms with E-state index in [1.807, 2.05) is 17.5 Å². The van der Waals surface area contributed by atoms with Gasteiger partial charge in [-0.15, -0.1) is 11.3 Å². The van der Waals surface area contributed by atoms with E-state index < -0.39 is 16.7 Å². The molecule has 0 saturated heterocycles. The first kappa shape index (κ1) is 13.4. The highest BCUT2D eigenvalue weighted by Gasteiger charge is 2.18. The molecule has 10 heteroatoms. The predicted molar refractivity (Wildman–Crippen MR) is 76.5 cm³/mol. The molecule has 106 valence electrons. The summed E-state index contributed by atoms with van der Waals surface area (Å²) < 4.78 is 8.93. The zero-order valence-corrected chi connectivity index (χ0v) is 11.8. The average molecular weight is 322 g/mol. The average Bonchev–Trinajstić information content (AvgIpc) is 3.19. The maximum atomic E-state index is 11.9. The van der Waals surface area contributed by atoms with Crippen LogP contribution in [0, 0.1) is 10.1 Å². The van der Waals surface area contributed by atoms with Crippen LogP contribution in [0.1, 0.15) is 10.6 Å². The fourth-order valence-corrected chi connectivity index (χ4v) is 2.78. The number of thiophene rings is 1. The van der Waals surface area contributed by atoms with Crippen molar-refractivity contribution in [2.24, 2.45) is 0 Å². The molecule has 21 heavy (non-hydrogen) atoms. The number of nitrogens with one attached hydrogen (secondary N) is 1. The normalized spacial score (nSPS) is 10.5. The fraction of sp³-hybridized carbons (Fsp3) is 0. The van der Waals surface area contributed by atoms with E-state index in [1.165, 1.54) is 17.4 Å². The summed E-state index contributed by atoms with van der Waals surface area (Å²) in [4.78, 5) is 26.7. The van der Waals surface area contributed by atoms with Crippen LogP contribution in [0.3, 0.4) is 0 Å². The number of anilines is 1. The summed E-state index contributed by atoms with van der Waals surface area (Å²) in [5, 5.41) is 15.2. The summed E-state index contributed by atoms with van der Waals surface area (Å²) >= 11 is 2.51. The Labute approximate surface area is 125 Å². The fourth-order valence-electron chi connectivity index (χ4n) is 1.49. The molecule has 0 spiro atoms. The molecule has 3 aromatic heterocycles. The Balaban J connectivity index is 1.74. The van der Waals surface area contributed by atoms with Crippen molar-refractivity contribution in [2.45, 2.75) is 0 Å². The van der Waals surface area contributed by atoms with Gasteiger partial charge >= 0.3 is 5.88 Å². The number of carbonyl (C=O) groups is 1. The molecule has 3 heterocycles. The van der Waals surface area contributed by atoms with Crippen LogP contribution in [0.4, 0.5) is 11.0 Å². The molecule has 0 atom stereocenters. The summed E-state index contributed by atoms with van der Waals surface area (Å²) in [6.07, 6.45) is 0. The molecule has 3 aromatic rings. The van der Waals surface area contributed by atoms with Gasteiger partial charge in [0, 0.05) is 11.5 Å². The smallest absolute Gasteiger partial charge is 0.395 e. The number of carbonyl (C=O) groups excluding carboxylic acids is 1. The number of nitrogens with zero attached hydrogens (tertiary/aromatic N) is 3. The van der Waals surface area contributed by atoms with E-state index in [-0.39, 0.29) is 5.76 Å². The maximum Gasteiger partial charge on any atom is 0.433 e. The number of hydrogen-bond donors (Lipinski definition) is 1. The Kier molecular flexibility index (Phi) is 3.46. The Bertz CT molecular complexity index is 793. The molecule has 0 saturated carbocycles. The van der Waals surface area contributed by atoms with E-state index in [0.29, 0.717) is 11.0 Å². The van der Waals surface area contributed by atoms with Gasteiger partial charge in [-0.05, 0) is 17.5 Å². The SMILES string of the molecule is O=C(Nc1nc(-c2cccs2)ns1)c1ccc([N+](=O)[O-])o1. The summed E-state index contributed by atoms with van der Waals surface area (Å²) in [5.74, 6) is -0.737. The first-order valence-corrected chi connectivity index (χ1v) is 7.22. The van der Waals surface area contributed by atoms with Crippen molar-refractivity contribution >= 4 is 39.8 Å². The highest BCUT2D eigenvalue weighted by molar-refractivity contribution is 7.14. The quantitative estimate of drug-likeness (QED) is 0.584. The lowest BCUT2D eigenvalue weighted by Gasteiger charge is -1.95. The summed E-state index contributed by atoms with van der Waals surface area (Å²) in [5.41, 5.74) is 0. The molecule has 0 radical (unpaired) electrons. The third-order valence-corrected chi connectivity index (χ3v) is 3.88. The first-order chi connectivity index (χ1) is 10.1. The van der Waals surface area contributed by atoms with Crippen molar-refractivity contribution in [2.75, 3.05) is 5.32 Å². The molecule has 1 amide bonds. The second-order valence-corrected chi connectivity index (χ2v) is 5.45. The second kappa shape index (κ2) is 5.42. The van der Waals surface area contributed by atoms with Crippen LogP contribution in [0.25, 0.3) is 10.7 Å². The van der Waals surface area contributed by atoms with E-state index in [1.54, 1.807) is 0 Å². The number of nitro groups is 1. The Hall–Kier alpha value is -2.59. The Morgan fingerprint density at radius 1 is 1.38 bits per heavy atom. The van der Waals surface area contributed by atoms with Gasteiger partial charge in [-0.1, -0.05) is 6.07 Å². The van der Waals surface area contributed by atoms with Gasteiger partial charge in [0.2, 0.25) is 5.13 Å². The molecule has 0 aliphatic carbocycles. The lowest BCUT2D eigenvalue weighted by molar-refractivity contribution is -0.402. The third-order valence-electron chi connectivity index (χ3n) is 2.38. The standard InChI is InChI=1S/C11H6N4O4S2/c16-10(6-3-4-8(19-6)15(17)18)13-11-12-9(14-21-11)7-2-1-5-20-7/h1-5H,(H,12,13,14,16). The van der Waals surface area contributed by atoms with Crippen LogP contribution < -0.4 is 5.32 Å². The van der Waals surface area contributed by atoms with Gasteiger partial charge in [0.1, 0.15) is 4.92 Å². The number of hydrogen-bond acceptors (Lipinski definition) is 8. The largest absolute Gasteiger partial charge is 0.433 e. The van der Waals surface area contributed by atoms with Crippen LogP contribution in [-0.4, -0.2) is 20.2 Å². The van der Waals surface area contributed by atoms with E-state index in [2.05, 4.69) is 14.7 Å². The molecule has 3 rings (SSSR count). The minimum absolute atomic E-state index is 0.158. The highest BCUT2D eigenvalue weighted by Crippen LogP contribution is 2.25. The maximum absolute atomic E-state index is 11.9. The molecule has 8 nitrogen and oxygen atoms in total. The van der Waals surface area contributed by atoms with Crippen molar-refractivity contribution < 1.29 is 14.1 Å². The molecule has 0 bridgehead atoms. The monoisotopic (exact) mass is 322 g/mol. The molecular weight excluding hydrogens is 316 g/mol. The van der Waals surface area contributed by atoms with Gasteiger partial charge in [-0.25, -0.2) is 0 Å². The van der Waals surface area contributed by atoms with Crippen molar-refractivity contribution in [1.82, 2.24) is 9.36 Å². The predicted octanol–water partition coefficient (Wildman–Crippen LogP) is 3.02. The number of amides is 1.